The van der Waals surface area contributed by atoms with Crippen LogP contribution in [0.25, 0.3) is 0 Å². The van der Waals surface area contributed by atoms with Gasteiger partial charge in [-0.2, -0.15) is 0 Å². The van der Waals surface area contributed by atoms with Crippen molar-refractivity contribution in [2.75, 3.05) is 19.5 Å². The largest absolute Gasteiger partial charge is 0.497 e. The summed E-state index contributed by atoms with van der Waals surface area (Å²) in [5.74, 6) is 1.47. The van der Waals surface area contributed by atoms with Gasteiger partial charge in [-0.1, -0.05) is 34.8 Å². The first kappa shape index (κ1) is 16.1. The summed E-state index contributed by atoms with van der Waals surface area (Å²) in [5.41, 5.74) is 1.68. The molecule has 2 aromatic rings. The van der Waals surface area contributed by atoms with Gasteiger partial charge in [-0.3, -0.25) is 0 Å². The summed E-state index contributed by atoms with van der Waals surface area (Å²) in [4.78, 5) is 0. The van der Waals surface area contributed by atoms with Crippen molar-refractivity contribution in [1.82, 2.24) is 0 Å². The zero-order valence-corrected chi connectivity index (χ0v) is 13.8. The molecule has 0 bridgehead atoms. The van der Waals surface area contributed by atoms with Crippen LogP contribution in [0.5, 0.6) is 11.5 Å². The summed E-state index contributed by atoms with van der Waals surface area (Å²) in [6.45, 7) is 0.533. The molecule has 6 heteroatoms. The van der Waals surface area contributed by atoms with E-state index in [0.29, 0.717) is 27.3 Å². The number of halogens is 3. The second kappa shape index (κ2) is 7.12. The molecule has 3 nitrogen and oxygen atoms in total. The maximum atomic E-state index is 6.13. The molecule has 0 aliphatic heterocycles. The van der Waals surface area contributed by atoms with Crippen LogP contribution in [-0.4, -0.2) is 14.2 Å². The molecule has 1 N–H and O–H groups in total. The second-order valence-electron chi connectivity index (χ2n) is 4.28. The van der Waals surface area contributed by atoms with Crippen molar-refractivity contribution >= 4 is 40.5 Å². The third kappa shape index (κ3) is 3.88. The van der Waals surface area contributed by atoms with Gasteiger partial charge < -0.3 is 14.8 Å². The van der Waals surface area contributed by atoms with E-state index in [1.54, 1.807) is 26.4 Å². The van der Waals surface area contributed by atoms with Crippen molar-refractivity contribution in [2.24, 2.45) is 0 Å². The van der Waals surface area contributed by atoms with Crippen LogP contribution < -0.4 is 14.8 Å². The Hall–Kier alpha value is -1.29. The Morgan fingerprint density at radius 2 is 1.62 bits per heavy atom. The molecule has 0 saturated carbocycles. The lowest BCUT2D eigenvalue weighted by Crippen LogP contribution is -2.02. The first-order valence-corrected chi connectivity index (χ1v) is 7.28. The number of ether oxygens (including phenoxy) is 2. The Kier molecular flexibility index (Phi) is 5.45. The number of rotatable bonds is 5. The van der Waals surface area contributed by atoms with Gasteiger partial charge in [0.25, 0.3) is 0 Å². The van der Waals surface area contributed by atoms with Gasteiger partial charge in [0.1, 0.15) is 11.5 Å². The number of methoxy groups -OCH3 is 2. The Morgan fingerprint density at radius 3 is 2.29 bits per heavy atom. The van der Waals surface area contributed by atoms with Crippen molar-refractivity contribution in [3.05, 3.63) is 51.0 Å². The lowest BCUT2D eigenvalue weighted by atomic mass is 10.2. The topological polar surface area (TPSA) is 30.5 Å². The van der Waals surface area contributed by atoms with Crippen LogP contribution in [0.15, 0.2) is 30.3 Å². The quantitative estimate of drug-likeness (QED) is 0.747. The molecule has 0 aromatic heterocycles. The van der Waals surface area contributed by atoms with Crippen molar-refractivity contribution in [3.63, 3.8) is 0 Å². The lowest BCUT2D eigenvalue weighted by molar-refractivity contribution is 0.391. The summed E-state index contributed by atoms with van der Waals surface area (Å²) in [7, 11) is 3.23. The van der Waals surface area contributed by atoms with E-state index in [0.717, 1.165) is 17.1 Å². The van der Waals surface area contributed by atoms with Crippen molar-refractivity contribution in [2.45, 2.75) is 6.54 Å². The van der Waals surface area contributed by atoms with Gasteiger partial charge in [0.15, 0.2) is 0 Å². The smallest absolute Gasteiger partial charge is 0.127 e. The first-order valence-electron chi connectivity index (χ1n) is 6.14. The number of hydrogen-bond donors (Lipinski definition) is 1. The zero-order valence-electron chi connectivity index (χ0n) is 11.5. The molecule has 0 atom stereocenters. The van der Waals surface area contributed by atoms with Gasteiger partial charge in [0.05, 0.1) is 35.0 Å². The van der Waals surface area contributed by atoms with Crippen LogP contribution in [-0.2, 0) is 6.54 Å². The molecule has 0 aliphatic rings. The van der Waals surface area contributed by atoms with Gasteiger partial charge >= 0.3 is 0 Å². The minimum absolute atomic E-state index is 0.425. The molecule has 0 fully saturated rings. The van der Waals surface area contributed by atoms with Crippen molar-refractivity contribution in [1.29, 1.82) is 0 Å². The second-order valence-corrected chi connectivity index (χ2v) is 5.50. The molecule has 0 heterocycles. The van der Waals surface area contributed by atoms with E-state index in [-0.39, 0.29) is 0 Å². The monoisotopic (exact) mass is 345 g/mol. The maximum Gasteiger partial charge on any atom is 0.127 e. The van der Waals surface area contributed by atoms with E-state index >= 15 is 0 Å². The third-order valence-electron chi connectivity index (χ3n) is 2.97. The molecule has 0 unspecified atom stereocenters. The predicted octanol–water partition coefficient (Wildman–Crippen LogP) is 5.28. The standard InChI is InChI=1S/C15H14Cl3NO2/c1-20-10-4-3-9(15(5-10)21-2)8-19-14-7-12(17)11(16)6-13(14)18/h3-7,19H,8H2,1-2H3. The van der Waals surface area contributed by atoms with E-state index < -0.39 is 0 Å². The highest BCUT2D eigenvalue weighted by Gasteiger charge is 2.08. The predicted molar refractivity (Wildman–Crippen MR) is 88.3 cm³/mol. The fourth-order valence-corrected chi connectivity index (χ4v) is 2.46. The van der Waals surface area contributed by atoms with Crippen LogP contribution in [0.2, 0.25) is 15.1 Å². The maximum absolute atomic E-state index is 6.13. The van der Waals surface area contributed by atoms with Crippen LogP contribution in [0.1, 0.15) is 5.56 Å². The summed E-state index contributed by atoms with van der Waals surface area (Å²) >= 11 is 18.0. The molecule has 0 aliphatic carbocycles. The zero-order chi connectivity index (χ0) is 15.4. The summed E-state index contributed by atoms with van der Waals surface area (Å²) in [6.07, 6.45) is 0. The molecule has 2 aromatic carbocycles. The van der Waals surface area contributed by atoms with Crippen LogP contribution >= 0.6 is 34.8 Å². The highest BCUT2D eigenvalue weighted by Crippen LogP contribution is 2.33. The van der Waals surface area contributed by atoms with Gasteiger partial charge in [-0.05, 0) is 24.3 Å². The van der Waals surface area contributed by atoms with Crippen LogP contribution in [0.4, 0.5) is 5.69 Å². The molecule has 0 saturated heterocycles. The van der Waals surface area contributed by atoms with Crippen LogP contribution in [0, 0.1) is 0 Å². The van der Waals surface area contributed by atoms with E-state index in [9.17, 15) is 0 Å². The molecule has 21 heavy (non-hydrogen) atoms. The number of nitrogens with one attached hydrogen (secondary N) is 1. The average molecular weight is 347 g/mol. The first-order chi connectivity index (χ1) is 10.0. The number of anilines is 1. The Balaban J connectivity index is 2.18. The van der Waals surface area contributed by atoms with Gasteiger partial charge in [-0.25, -0.2) is 0 Å². The number of hydrogen-bond acceptors (Lipinski definition) is 3. The molecule has 0 amide bonds. The molecule has 0 radical (unpaired) electrons. The Labute approximate surface area is 138 Å². The average Bonchev–Trinajstić information content (AvgIpc) is 2.49. The molecular formula is C15H14Cl3NO2. The van der Waals surface area contributed by atoms with E-state index in [4.69, 9.17) is 44.3 Å². The van der Waals surface area contributed by atoms with Gasteiger partial charge in [0, 0.05) is 18.2 Å². The van der Waals surface area contributed by atoms with Gasteiger partial charge in [0.2, 0.25) is 0 Å². The minimum atomic E-state index is 0.425. The highest BCUT2D eigenvalue weighted by molar-refractivity contribution is 6.44. The lowest BCUT2D eigenvalue weighted by Gasteiger charge is -2.13. The Bertz CT molecular complexity index is 647. The number of benzene rings is 2. The third-order valence-corrected chi connectivity index (χ3v) is 4.01. The fourth-order valence-electron chi connectivity index (χ4n) is 1.85. The molecule has 2 rings (SSSR count). The van der Waals surface area contributed by atoms with Crippen molar-refractivity contribution in [3.8, 4) is 11.5 Å². The summed E-state index contributed by atoms with van der Waals surface area (Å²) in [6, 6.07) is 8.93. The molecule has 112 valence electrons. The van der Waals surface area contributed by atoms with E-state index in [1.807, 2.05) is 18.2 Å². The normalized spacial score (nSPS) is 10.3. The summed E-state index contributed by atoms with van der Waals surface area (Å²) in [5, 5.41) is 4.60. The van der Waals surface area contributed by atoms with Crippen LogP contribution in [0.3, 0.4) is 0 Å². The minimum Gasteiger partial charge on any atom is -0.497 e. The molecular weight excluding hydrogens is 333 g/mol. The fraction of sp³-hybridized carbons (Fsp3) is 0.200. The van der Waals surface area contributed by atoms with E-state index in [1.165, 1.54) is 0 Å². The SMILES string of the molecule is COc1ccc(CNc2cc(Cl)c(Cl)cc2Cl)c(OC)c1. The summed E-state index contributed by atoms with van der Waals surface area (Å²) < 4.78 is 10.5. The Morgan fingerprint density at radius 1 is 0.905 bits per heavy atom. The highest BCUT2D eigenvalue weighted by atomic mass is 35.5. The van der Waals surface area contributed by atoms with E-state index in [2.05, 4.69) is 5.32 Å². The van der Waals surface area contributed by atoms with Crippen molar-refractivity contribution < 1.29 is 9.47 Å². The van der Waals surface area contributed by atoms with Gasteiger partial charge in [-0.15, -0.1) is 0 Å². The molecule has 0 spiro atoms.